The predicted octanol–water partition coefficient (Wildman–Crippen LogP) is 0.491. The summed E-state index contributed by atoms with van der Waals surface area (Å²) in [6, 6.07) is 3.59. The van der Waals surface area contributed by atoms with Gasteiger partial charge in [-0.3, -0.25) is 9.69 Å². The number of aryl methyl sites for hydroxylation is 1. The molecule has 0 spiro atoms. The van der Waals surface area contributed by atoms with Crippen LogP contribution in [0.1, 0.15) is 19.1 Å². The van der Waals surface area contributed by atoms with Crippen molar-refractivity contribution in [3.8, 4) is 0 Å². The Morgan fingerprint density at radius 2 is 2.19 bits per heavy atom. The normalized spacial score (nSPS) is 18.7. The lowest BCUT2D eigenvalue weighted by Gasteiger charge is -2.37. The van der Waals surface area contributed by atoms with Crippen LogP contribution in [0.5, 0.6) is 0 Å². The summed E-state index contributed by atoms with van der Waals surface area (Å²) in [5.41, 5.74) is 5.61. The van der Waals surface area contributed by atoms with Crippen molar-refractivity contribution in [2.24, 2.45) is 10.9 Å². The lowest BCUT2D eigenvalue weighted by Crippen LogP contribution is -2.54. The monoisotopic (exact) mass is 294 g/mol. The van der Waals surface area contributed by atoms with Gasteiger partial charge in [0.15, 0.2) is 5.84 Å². The Balaban J connectivity index is 1.76. The van der Waals surface area contributed by atoms with E-state index in [0.29, 0.717) is 25.9 Å². The van der Waals surface area contributed by atoms with Crippen LogP contribution in [0.25, 0.3) is 0 Å². The van der Waals surface area contributed by atoms with Gasteiger partial charge in [0.05, 0.1) is 12.3 Å². The van der Waals surface area contributed by atoms with Gasteiger partial charge in [0, 0.05) is 39.0 Å². The van der Waals surface area contributed by atoms with Crippen molar-refractivity contribution in [3.05, 3.63) is 24.2 Å². The molecule has 0 saturated carbocycles. The smallest absolute Gasteiger partial charge is 0.223 e. The number of carbonyl (C=O) groups excluding carboxylic acids is 1. The fourth-order valence-corrected chi connectivity index (χ4v) is 2.47. The zero-order valence-corrected chi connectivity index (χ0v) is 12.2. The number of piperazine rings is 1. The van der Waals surface area contributed by atoms with E-state index >= 15 is 0 Å². The Labute approximate surface area is 124 Å². The first-order valence-corrected chi connectivity index (χ1v) is 7.13. The van der Waals surface area contributed by atoms with Crippen LogP contribution in [0.15, 0.2) is 28.0 Å². The molecule has 21 heavy (non-hydrogen) atoms. The molecule has 1 amide bonds. The minimum atomic E-state index is -0.115. The average molecular weight is 294 g/mol. The van der Waals surface area contributed by atoms with Crippen LogP contribution in [0, 0.1) is 0 Å². The molecule has 0 aromatic carbocycles. The van der Waals surface area contributed by atoms with Gasteiger partial charge >= 0.3 is 0 Å². The molecule has 7 nitrogen and oxygen atoms in total. The number of nitrogens with zero attached hydrogens (tertiary/aromatic N) is 3. The quantitative estimate of drug-likeness (QED) is 0.357. The number of oxime groups is 1. The highest BCUT2D eigenvalue weighted by molar-refractivity contribution is 5.84. The van der Waals surface area contributed by atoms with Crippen molar-refractivity contribution in [1.82, 2.24) is 9.80 Å². The highest BCUT2D eigenvalue weighted by atomic mass is 16.4. The highest BCUT2D eigenvalue weighted by Gasteiger charge is 2.25. The maximum Gasteiger partial charge on any atom is 0.223 e. The summed E-state index contributed by atoms with van der Waals surface area (Å²) in [6.07, 6.45) is 2.71. The van der Waals surface area contributed by atoms with E-state index in [1.54, 1.807) is 6.26 Å². The van der Waals surface area contributed by atoms with E-state index in [4.69, 9.17) is 15.4 Å². The van der Waals surface area contributed by atoms with E-state index in [2.05, 4.69) is 10.1 Å². The molecule has 1 atom stereocenters. The molecule has 1 saturated heterocycles. The number of furan rings is 1. The molecule has 3 N–H and O–H groups in total. The molecular formula is C14H22N4O3. The molecule has 1 aliphatic rings. The lowest BCUT2D eigenvalue weighted by molar-refractivity contribution is -0.133. The first-order valence-electron chi connectivity index (χ1n) is 7.13. The van der Waals surface area contributed by atoms with Crippen molar-refractivity contribution in [2.75, 3.05) is 26.2 Å². The molecule has 7 heteroatoms. The van der Waals surface area contributed by atoms with Gasteiger partial charge in [-0.15, -0.1) is 0 Å². The van der Waals surface area contributed by atoms with Gasteiger partial charge in [0.25, 0.3) is 0 Å². The van der Waals surface area contributed by atoms with Crippen LogP contribution in [-0.4, -0.2) is 59.0 Å². The summed E-state index contributed by atoms with van der Waals surface area (Å²) in [6.45, 7) is 4.68. The van der Waals surface area contributed by atoms with Gasteiger partial charge < -0.3 is 20.3 Å². The summed E-state index contributed by atoms with van der Waals surface area (Å²) in [7, 11) is 0. The van der Waals surface area contributed by atoms with E-state index in [1.807, 2.05) is 24.0 Å². The minimum absolute atomic E-state index is 0.115. The van der Waals surface area contributed by atoms with Crippen molar-refractivity contribution >= 4 is 11.7 Å². The van der Waals surface area contributed by atoms with Crippen LogP contribution < -0.4 is 5.73 Å². The molecule has 1 aromatic heterocycles. The van der Waals surface area contributed by atoms with Crippen LogP contribution in [0.4, 0.5) is 0 Å². The number of amidine groups is 1. The van der Waals surface area contributed by atoms with Crippen LogP contribution in [0.2, 0.25) is 0 Å². The summed E-state index contributed by atoms with van der Waals surface area (Å²) in [5, 5.41) is 11.7. The van der Waals surface area contributed by atoms with E-state index in [0.717, 1.165) is 18.8 Å². The van der Waals surface area contributed by atoms with Gasteiger partial charge in [0.1, 0.15) is 5.76 Å². The van der Waals surface area contributed by atoms with Gasteiger partial charge in [-0.1, -0.05) is 5.16 Å². The molecule has 1 fully saturated rings. The minimum Gasteiger partial charge on any atom is -0.469 e. The van der Waals surface area contributed by atoms with Crippen LogP contribution in [0.3, 0.4) is 0 Å². The van der Waals surface area contributed by atoms with Crippen LogP contribution >= 0.6 is 0 Å². The van der Waals surface area contributed by atoms with E-state index in [1.165, 1.54) is 0 Å². The van der Waals surface area contributed by atoms with Gasteiger partial charge in [-0.25, -0.2) is 0 Å². The first kappa shape index (κ1) is 15.4. The molecule has 0 aliphatic carbocycles. The van der Waals surface area contributed by atoms with Gasteiger partial charge in [-0.05, 0) is 19.1 Å². The zero-order chi connectivity index (χ0) is 15.2. The standard InChI is InChI=1S/C14H22N4O3/c1-11(14(15)16-20)17-6-8-18(9-7-17)13(19)5-4-12-3-2-10-21-12/h2-3,10-11,20H,4-9H2,1H3,(H2,15,16). The number of rotatable bonds is 5. The Morgan fingerprint density at radius 1 is 1.48 bits per heavy atom. The molecule has 1 unspecified atom stereocenters. The second-order valence-electron chi connectivity index (χ2n) is 5.20. The largest absolute Gasteiger partial charge is 0.469 e. The summed E-state index contributed by atoms with van der Waals surface area (Å²) < 4.78 is 5.23. The van der Waals surface area contributed by atoms with E-state index < -0.39 is 0 Å². The van der Waals surface area contributed by atoms with Crippen molar-refractivity contribution in [3.63, 3.8) is 0 Å². The third-order valence-corrected chi connectivity index (χ3v) is 3.92. The fourth-order valence-electron chi connectivity index (χ4n) is 2.47. The number of carbonyl (C=O) groups is 1. The van der Waals surface area contributed by atoms with E-state index in [-0.39, 0.29) is 17.8 Å². The Hall–Kier alpha value is -2.02. The highest BCUT2D eigenvalue weighted by Crippen LogP contribution is 2.10. The average Bonchev–Trinajstić information content (AvgIpc) is 3.04. The van der Waals surface area contributed by atoms with Crippen molar-refractivity contribution in [1.29, 1.82) is 0 Å². The molecule has 2 rings (SSSR count). The first-order chi connectivity index (χ1) is 10.1. The lowest BCUT2D eigenvalue weighted by atomic mass is 10.2. The number of amides is 1. The Morgan fingerprint density at radius 3 is 2.76 bits per heavy atom. The van der Waals surface area contributed by atoms with Gasteiger partial charge in [-0.2, -0.15) is 0 Å². The third kappa shape index (κ3) is 3.98. The molecule has 0 bridgehead atoms. The molecule has 1 aliphatic heterocycles. The van der Waals surface area contributed by atoms with E-state index in [9.17, 15) is 4.79 Å². The Bertz CT molecular complexity index is 478. The number of nitrogens with two attached hydrogens (primary N) is 1. The molecule has 2 heterocycles. The van der Waals surface area contributed by atoms with Gasteiger partial charge in [0.2, 0.25) is 5.91 Å². The van der Waals surface area contributed by atoms with Crippen molar-refractivity contribution in [2.45, 2.75) is 25.8 Å². The second-order valence-corrected chi connectivity index (χ2v) is 5.20. The molecule has 0 radical (unpaired) electrons. The molecular weight excluding hydrogens is 272 g/mol. The summed E-state index contributed by atoms with van der Waals surface area (Å²) >= 11 is 0. The number of hydrogen-bond donors (Lipinski definition) is 2. The second kappa shape index (κ2) is 7.12. The fraction of sp³-hybridized carbons (Fsp3) is 0.571. The topological polar surface area (TPSA) is 95.3 Å². The van der Waals surface area contributed by atoms with Crippen LogP contribution in [-0.2, 0) is 11.2 Å². The summed E-state index contributed by atoms with van der Waals surface area (Å²) in [5.74, 6) is 1.18. The molecule has 116 valence electrons. The third-order valence-electron chi connectivity index (χ3n) is 3.92. The zero-order valence-electron chi connectivity index (χ0n) is 12.2. The Kier molecular flexibility index (Phi) is 5.21. The van der Waals surface area contributed by atoms with Crippen molar-refractivity contribution < 1.29 is 14.4 Å². The predicted molar refractivity (Wildman–Crippen MR) is 78.1 cm³/mol. The summed E-state index contributed by atoms with van der Waals surface area (Å²) in [4.78, 5) is 16.1. The molecule has 1 aromatic rings. The number of hydrogen-bond acceptors (Lipinski definition) is 5. The SMILES string of the molecule is CC(C(N)=NO)N1CCN(C(=O)CCc2ccco2)CC1. The maximum absolute atomic E-state index is 12.1. The maximum atomic E-state index is 12.1.